The maximum absolute atomic E-state index is 15.8. The zero-order valence-electron chi connectivity index (χ0n) is 21.1. The first kappa shape index (κ1) is 28.6. The van der Waals surface area contributed by atoms with Crippen LogP contribution in [0.2, 0.25) is 5.02 Å². The van der Waals surface area contributed by atoms with E-state index in [0.717, 1.165) is 6.07 Å². The van der Waals surface area contributed by atoms with Crippen molar-refractivity contribution in [1.29, 1.82) is 0 Å². The highest BCUT2D eigenvalue weighted by Crippen LogP contribution is 2.37. The summed E-state index contributed by atoms with van der Waals surface area (Å²) < 4.78 is 45.6. The van der Waals surface area contributed by atoms with E-state index in [-0.39, 0.29) is 41.2 Å². The van der Waals surface area contributed by atoms with Gasteiger partial charge in [-0.25, -0.2) is 13.6 Å². The van der Waals surface area contributed by atoms with E-state index < -0.39 is 29.6 Å². The van der Waals surface area contributed by atoms with Crippen molar-refractivity contribution in [3.8, 4) is 0 Å². The van der Waals surface area contributed by atoms with E-state index >= 15 is 4.39 Å². The molecule has 3 rings (SSSR count). The van der Waals surface area contributed by atoms with Crippen LogP contribution in [-0.2, 0) is 19.0 Å². The monoisotopic (exact) mass is 539 g/mol. The van der Waals surface area contributed by atoms with Gasteiger partial charge in [-0.3, -0.25) is 4.79 Å². The molecule has 1 saturated heterocycles. The van der Waals surface area contributed by atoms with Crippen LogP contribution in [0.5, 0.6) is 0 Å². The average molecular weight is 540 g/mol. The maximum atomic E-state index is 15.8. The summed E-state index contributed by atoms with van der Waals surface area (Å²) in [4.78, 5) is 26.8. The number of esters is 1. The fourth-order valence-electron chi connectivity index (χ4n) is 4.46. The molecule has 0 bridgehead atoms. The molecule has 2 aromatic rings. The summed E-state index contributed by atoms with van der Waals surface area (Å²) in [6.07, 6.45) is 1.36. The molecule has 2 N–H and O–H groups in total. The molecule has 1 aliphatic heterocycles. The molecule has 0 aromatic heterocycles. The van der Waals surface area contributed by atoms with Gasteiger partial charge in [0.2, 0.25) is 0 Å². The number of carbonyl (C=O) groups is 2. The number of carbonyl (C=O) groups excluding carboxylic acids is 2. The van der Waals surface area contributed by atoms with E-state index in [2.05, 4.69) is 10.6 Å². The molecule has 0 radical (unpaired) electrons. The molecular formula is C26H32ClF2N3O5. The molecule has 8 nitrogen and oxygen atoms in total. The number of hydrogen-bond donors (Lipinski definition) is 2. The van der Waals surface area contributed by atoms with E-state index in [1.165, 1.54) is 32.4 Å². The molecule has 1 fully saturated rings. The van der Waals surface area contributed by atoms with Crippen molar-refractivity contribution in [2.75, 3.05) is 56.1 Å². The molecule has 1 unspecified atom stereocenters. The Kier molecular flexibility index (Phi) is 10.5. The number of urea groups is 1. The summed E-state index contributed by atoms with van der Waals surface area (Å²) in [6, 6.07) is 6.06. The first-order valence-corrected chi connectivity index (χ1v) is 12.4. The summed E-state index contributed by atoms with van der Waals surface area (Å²) >= 11 is 5.80. The third kappa shape index (κ3) is 7.53. The minimum atomic E-state index is -0.765. The van der Waals surface area contributed by atoms with Crippen LogP contribution in [0.1, 0.15) is 37.7 Å². The summed E-state index contributed by atoms with van der Waals surface area (Å²) in [6.45, 7) is 3.62. The Morgan fingerprint density at radius 1 is 1.11 bits per heavy atom. The summed E-state index contributed by atoms with van der Waals surface area (Å²) in [5.74, 6) is -2.27. The molecule has 1 aliphatic rings. The quantitative estimate of drug-likeness (QED) is 0.384. The summed E-state index contributed by atoms with van der Waals surface area (Å²) in [5, 5.41) is 5.31. The highest BCUT2D eigenvalue weighted by Gasteiger charge is 2.28. The molecule has 37 heavy (non-hydrogen) atoms. The van der Waals surface area contributed by atoms with E-state index in [1.807, 2.05) is 11.8 Å². The van der Waals surface area contributed by atoms with Gasteiger partial charge < -0.3 is 29.7 Å². The van der Waals surface area contributed by atoms with Crippen molar-refractivity contribution in [2.45, 2.75) is 38.1 Å². The second kappa shape index (κ2) is 13.6. The number of anilines is 3. The number of hydrogen-bond acceptors (Lipinski definition) is 6. The lowest BCUT2D eigenvalue weighted by Gasteiger charge is -2.37. The van der Waals surface area contributed by atoms with Crippen molar-refractivity contribution in [3.63, 3.8) is 0 Å². The lowest BCUT2D eigenvalue weighted by Crippen LogP contribution is -2.40. The Morgan fingerprint density at radius 2 is 1.81 bits per heavy atom. The predicted molar refractivity (Wildman–Crippen MR) is 139 cm³/mol. The number of nitrogens with one attached hydrogen (secondary N) is 2. The van der Waals surface area contributed by atoms with Gasteiger partial charge in [0, 0.05) is 43.9 Å². The van der Waals surface area contributed by atoms with Crippen molar-refractivity contribution < 1.29 is 32.6 Å². The Balaban J connectivity index is 2.01. The molecule has 0 aliphatic carbocycles. The highest BCUT2D eigenvalue weighted by molar-refractivity contribution is 6.30. The maximum Gasteiger partial charge on any atom is 0.323 e. The van der Waals surface area contributed by atoms with Crippen LogP contribution in [0.15, 0.2) is 30.3 Å². The number of rotatable bonds is 10. The van der Waals surface area contributed by atoms with E-state index in [4.69, 9.17) is 25.8 Å². The number of amides is 2. The van der Waals surface area contributed by atoms with Gasteiger partial charge in [0.1, 0.15) is 11.6 Å². The van der Waals surface area contributed by atoms with E-state index in [1.54, 1.807) is 6.07 Å². The molecular weight excluding hydrogens is 508 g/mol. The predicted octanol–water partition coefficient (Wildman–Crippen LogP) is 5.56. The van der Waals surface area contributed by atoms with Gasteiger partial charge in [-0.1, -0.05) is 11.6 Å². The number of benzene rings is 2. The number of ether oxygens (including phenoxy) is 3. The Bertz CT molecular complexity index is 1100. The van der Waals surface area contributed by atoms with Crippen LogP contribution in [0.4, 0.5) is 30.6 Å². The highest BCUT2D eigenvalue weighted by atomic mass is 35.5. The van der Waals surface area contributed by atoms with E-state index in [0.29, 0.717) is 38.2 Å². The van der Waals surface area contributed by atoms with Crippen LogP contribution in [-0.4, -0.2) is 58.6 Å². The average Bonchev–Trinajstić information content (AvgIpc) is 2.87. The third-order valence-electron chi connectivity index (χ3n) is 6.25. The van der Waals surface area contributed by atoms with Gasteiger partial charge in [-0.05, 0) is 55.7 Å². The number of methoxy groups -OCH3 is 2. The smallest absolute Gasteiger partial charge is 0.323 e. The molecule has 0 saturated carbocycles. The van der Waals surface area contributed by atoms with Gasteiger partial charge in [0.05, 0.1) is 37.2 Å². The standard InChI is InChI=1S/C26H32ClF2N3O5/c1-4-32(19-7-9-37-10-8-19)25-21(29)11-16(17(15-35-2)13-24(33)36-3)12-23(25)31-26(34)30-22-6-5-18(27)14-20(22)28/h5-6,11-12,14,17,19H,4,7-10,13,15H2,1-3H3,(H2,30,31,34). The lowest BCUT2D eigenvalue weighted by atomic mass is 9.94. The molecule has 0 spiro atoms. The van der Waals surface area contributed by atoms with Crippen molar-refractivity contribution in [1.82, 2.24) is 0 Å². The minimum Gasteiger partial charge on any atom is -0.469 e. The van der Waals surface area contributed by atoms with Crippen molar-refractivity contribution >= 4 is 40.7 Å². The first-order chi connectivity index (χ1) is 17.8. The van der Waals surface area contributed by atoms with Crippen molar-refractivity contribution in [3.05, 3.63) is 52.6 Å². The van der Waals surface area contributed by atoms with Gasteiger partial charge in [0.25, 0.3) is 0 Å². The number of halogens is 3. The molecule has 1 atom stereocenters. The zero-order chi connectivity index (χ0) is 26.9. The van der Waals surface area contributed by atoms with Crippen LogP contribution >= 0.6 is 11.6 Å². The Hall–Kier alpha value is -2.95. The van der Waals surface area contributed by atoms with Gasteiger partial charge >= 0.3 is 12.0 Å². The van der Waals surface area contributed by atoms with Crippen LogP contribution in [0.25, 0.3) is 0 Å². The van der Waals surface area contributed by atoms with E-state index in [9.17, 15) is 14.0 Å². The largest absolute Gasteiger partial charge is 0.469 e. The molecule has 202 valence electrons. The minimum absolute atomic E-state index is 0.00117. The van der Waals surface area contributed by atoms with Crippen LogP contribution in [0, 0.1) is 11.6 Å². The topological polar surface area (TPSA) is 89.1 Å². The van der Waals surface area contributed by atoms with Crippen LogP contribution < -0.4 is 15.5 Å². The zero-order valence-corrected chi connectivity index (χ0v) is 21.9. The van der Waals surface area contributed by atoms with Crippen LogP contribution in [0.3, 0.4) is 0 Å². The first-order valence-electron chi connectivity index (χ1n) is 12.0. The second-order valence-electron chi connectivity index (χ2n) is 8.66. The second-order valence-corrected chi connectivity index (χ2v) is 9.10. The molecule has 2 aromatic carbocycles. The summed E-state index contributed by atoms with van der Waals surface area (Å²) in [5.41, 5.74) is 0.754. The molecule has 11 heteroatoms. The fraction of sp³-hybridized carbons (Fsp3) is 0.462. The summed E-state index contributed by atoms with van der Waals surface area (Å²) in [7, 11) is 2.75. The molecule has 2 amide bonds. The normalized spacial score (nSPS) is 14.6. The Morgan fingerprint density at radius 3 is 2.43 bits per heavy atom. The fourth-order valence-corrected chi connectivity index (χ4v) is 4.62. The van der Waals surface area contributed by atoms with Gasteiger partial charge in [-0.2, -0.15) is 0 Å². The SMILES string of the molecule is CCN(c1c(F)cc(C(COC)CC(=O)OC)cc1NC(=O)Nc1ccc(Cl)cc1F)C1CCOCC1. The van der Waals surface area contributed by atoms with Gasteiger partial charge in [-0.15, -0.1) is 0 Å². The molecule has 1 heterocycles. The number of nitrogens with zero attached hydrogens (tertiary/aromatic N) is 1. The van der Waals surface area contributed by atoms with Crippen molar-refractivity contribution in [2.24, 2.45) is 0 Å². The van der Waals surface area contributed by atoms with Gasteiger partial charge in [0.15, 0.2) is 0 Å². The lowest BCUT2D eigenvalue weighted by molar-refractivity contribution is -0.141. The Labute approximate surface area is 220 Å². The third-order valence-corrected chi connectivity index (χ3v) is 6.49.